The molecule has 0 aliphatic heterocycles. The van der Waals surface area contributed by atoms with E-state index >= 15 is 0 Å². The number of rotatable bonds is 2. The Kier molecular flexibility index (Phi) is 5.45. The number of carboxylic acids is 1. The van der Waals surface area contributed by atoms with Gasteiger partial charge in [0.05, 0.1) is 0 Å². The third-order valence-corrected chi connectivity index (χ3v) is 2.30. The average Bonchev–Trinajstić information content (AvgIpc) is 2.40. The predicted octanol–water partition coefficient (Wildman–Crippen LogP) is 3.42. The molecule has 0 unspecified atom stereocenters. The summed E-state index contributed by atoms with van der Waals surface area (Å²) in [5.41, 5.74) is 8.87. The highest BCUT2D eigenvalue weighted by Crippen LogP contribution is 2.20. The van der Waals surface area contributed by atoms with Gasteiger partial charge in [-0.15, -0.1) is 0 Å². The Hall–Kier alpha value is -2.29. The predicted molar refractivity (Wildman–Crippen MR) is 74.2 cm³/mol. The summed E-state index contributed by atoms with van der Waals surface area (Å²) in [6.07, 6.45) is 0.222. The maximum atomic E-state index is 9.37. The van der Waals surface area contributed by atoms with Crippen LogP contribution in [0.3, 0.4) is 0 Å². The Morgan fingerprint density at radius 1 is 1.06 bits per heavy atom. The Bertz CT molecular complexity index is 495. The fourth-order valence-electron chi connectivity index (χ4n) is 1.35. The third-order valence-electron chi connectivity index (χ3n) is 2.30. The third kappa shape index (κ3) is 4.70. The van der Waals surface area contributed by atoms with Crippen LogP contribution >= 0.6 is 0 Å². The van der Waals surface area contributed by atoms with Crippen molar-refractivity contribution >= 4 is 11.7 Å². The number of carboxylic acid groups (broad SMARTS) is 1. The van der Waals surface area contributed by atoms with Crippen LogP contribution in [0, 0.1) is 0 Å². The van der Waals surface area contributed by atoms with Crippen molar-refractivity contribution in [3.8, 4) is 11.1 Å². The average molecular weight is 243 g/mol. The van der Waals surface area contributed by atoms with E-state index in [9.17, 15) is 4.79 Å². The summed E-state index contributed by atoms with van der Waals surface area (Å²) in [4.78, 5) is 9.37. The molecule has 2 aromatic rings. The molecule has 0 amide bonds. The number of aliphatic carboxylic acids is 1. The van der Waals surface area contributed by atoms with Crippen LogP contribution in [0.4, 0.5) is 5.69 Å². The van der Waals surface area contributed by atoms with Gasteiger partial charge in [0.25, 0.3) is 0 Å². The summed E-state index contributed by atoms with van der Waals surface area (Å²) in [6, 6.07) is 18.1. The molecule has 0 atom stereocenters. The molecule has 0 fully saturated rings. The Morgan fingerprint density at radius 2 is 1.61 bits per heavy atom. The van der Waals surface area contributed by atoms with Crippen LogP contribution < -0.4 is 5.73 Å². The van der Waals surface area contributed by atoms with Crippen molar-refractivity contribution in [2.24, 2.45) is 0 Å². The normalized spacial score (nSPS) is 9.17. The molecular formula is C15H17NO2. The van der Waals surface area contributed by atoms with E-state index in [2.05, 4.69) is 18.2 Å². The quantitative estimate of drug-likeness (QED) is 0.794. The molecule has 18 heavy (non-hydrogen) atoms. The van der Waals surface area contributed by atoms with Crippen LogP contribution in [0.1, 0.15) is 13.3 Å². The molecule has 0 aliphatic rings. The van der Waals surface area contributed by atoms with Crippen molar-refractivity contribution < 1.29 is 9.90 Å². The van der Waals surface area contributed by atoms with E-state index < -0.39 is 5.97 Å². The van der Waals surface area contributed by atoms with Crippen molar-refractivity contribution in [3.05, 3.63) is 54.6 Å². The first-order chi connectivity index (χ1) is 8.63. The Labute approximate surface area is 107 Å². The van der Waals surface area contributed by atoms with Gasteiger partial charge in [-0.3, -0.25) is 4.79 Å². The van der Waals surface area contributed by atoms with E-state index in [-0.39, 0.29) is 6.42 Å². The fraction of sp³-hybridized carbons (Fsp3) is 0.133. The van der Waals surface area contributed by atoms with E-state index in [1.54, 1.807) is 6.92 Å². The van der Waals surface area contributed by atoms with Crippen LogP contribution in [0.2, 0.25) is 0 Å². The Morgan fingerprint density at radius 3 is 2.11 bits per heavy atom. The molecule has 3 heteroatoms. The summed E-state index contributed by atoms with van der Waals surface area (Å²) < 4.78 is 0. The van der Waals surface area contributed by atoms with E-state index in [4.69, 9.17) is 10.8 Å². The largest absolute Gasteiger partial charge is 0.481 e. The highest BCUT2D eigenvalue weighted by Gasteiger charge is 1.94. The molecule has 0 spiro atoms. The van der Waals surface area contributed by atoms with Gasteiger partial charge in [-0.05, 0) is 23.3 Å². The number of benzene rings is 2. The lowest BCUT2D eigenvalue weighted by Gasteiger charge is -2.01. The van der Waals surface area contributed by atoms with Crippen LogP contribution in [0.5, 0.6) is 0 Å². The minimum atomic E-state index is -0.745. The van der Waals surface area contributed by atoms with E-state index in [1.807, 2.05) is 36.4 Å². The van der Waals surface area contributed by atoms with Crippen molar-refractivity contribution in [2.45, 2.75) is 13.3 Å². The van der Waals surface area contributed by atoms with Gasteiger partial charge in [-0.2, -0.15) is 0 Å². The first kappa shape index (κ1) is 13.8. The van der Waals surface area contributed by atoms with E-state index in [0.717, 1.165) is 5.69 Å². The number of anilines is 1. The van der Waals surface area contributed by atoms with Gasteiger partial charge in [0.15, 0.2) is 0 Å². The molecule has 2 aromatic carbocycles. The lowest BCUT2D eigenvalue weighted by atomic mass is 10.1. The van der Waals surface area contributed by atoms with E-state index in [1.165, 1.54) is 11.1 Å². The number of nitrogen functional groups attached to an aromatic ring is 1. The minimum absolute atomic E-state index is 0.222. The topological polar surface area (TPSA) is 63.3 Å². The van der Waals surface area contributed by atoms with Gasteiger partial charge in [-0.1, -0.05) is 49.4 Å². The van der Waals surface area contributed by atoms with Gasteiger partial charge >= 0.3 is 5.97 Å². The zero-order valence-electron chi connectivity index (χ0n) is 10.3. The second-order valence-corrected chi connectivity index (χ2v) is 3.74. The maximum absolute atomic E-state index is 9.37. The molecular weight excluding hydrogens is 226 g/mol. The second-order valence-electron chi connectivity index (χ2n) is 3.74. The highest BCUT2D eigenvalue weighted by atomic mass is 16.4. The van der Waals surface area contributed by atoms with Gasteiger partial charge < -0.3 is 10.8 Å². The monoisotopic (exact) mass is 243 g/mol. The molecule has 94 valence electrons. The van der Waals surface area contributed by atoms with Crippen LogP contribution in [-0.4, -0.2) is 11.1 Å². The van der Waals surface area contributed by atoms with Gasteiger partial charge in [0, 0.05) is 12.1 Å². The van der Waals surface area contributed by atoms with Crippen molar-refractivity contribution in [1.29, 1.82) is 0 Å². The van der Waals surface area contributed by atoms with Crippen LogP contribution in [0.25, 0.3) is 11.1 Å². The minimum Gasteiger partial charge on any atom is -0.481 e. The van der Waals surface area contributed by atoms with Crippen molar-refractivity contribution in [3.63, 3.8) is 0 Å². The summed E-state index contributed by atoms with van der Waals surface area (Å²) in [5.74, 6) is -0.745. The first-order valence-corrected chi connectivity index (χ1v) is 5.76. The molecule has 0 saturated carbocycles. The van der Waals surface area contributed by atoms with Crippen LogP contribution in [-0.2, 0) is 4.79 Å². The highest BCUT2D eigenvalue weighted by molar-refractivity contribution is 5.67. The van der Waals surface area contributed by atoms with Gasteiger partial charge in [0.1, 0.15) is 0 Å². The van der Waals surface area contributed by atoms with E-state index in [0.29, 0.717) is 0 Å². The zero-order valence-corrected chi connectivity index (χ0v) is 10.3. The molecule has 0 aliphatic carbocycles. The van der Waals surface area contributed by atoms with Crippen molar-refractivity contribution in [1.82, 2.24) is 0 Å². The molecule has 3 nitrogen and oxygen atoms in total. The van der Waals surface area contributed by atoms with Crippen LogP contribution in [0.15, 0.2) is 54.6 Å². The zero-order chi connectivity index (χ0) is 13.4. The lowest BCUT2D eigenvalue weighted by Crippen LogP contribution is -1.86. The fourth-order valence-corrected chi connectivity index (χ4v) is 1.35. The Balaban J connectivity index is 0.000000280. The second kappa shape index (κ2) is 7.12. The molecule has 2 rings (SSSR count). The first-order valence-electron chi connectivity index (χ1n) is 5.76. The summed E-state index contributed by atoms with van der Waals surface area (Å²) in [5, 5.41) is 7.72. The molecule has 0 radical (unpaired) electrons. The number of hydrogen-bond acceptors (Lipinski definition) is 2. The molecule has 0 bridgehead atoms. The lowest BCUT2D eigenvalue weighted by molar-refractivity contribution is -0.136. The van der Waals surface area contributed by atoms with Gasteiger partial charge in [-0.25, -0.2) is 0 Å². The van der Waals surface area contributed by atoms with Gasteiger partial charge in [0.2, 0.25) is 0 Å². The molecule has 0 heterocycles. The number of carbonyl (C=O) groups is 1. The molecule has 0 saturated heterocycles. The smallest absolute Gasteiger partial charge is 0.303 e. The summed E-state index contributed by atoms with van der Waals surface area (Å²) in [6.45, 7) is 1.60. The SMILES string of the molecule is CCC(=O)O.Nc1cccc(-c2ccccc2)c1. The maximum Gasteiger partial charge on any atom is 0.303 e. The van der Waals surface area contributed by atoms with Crippen molar-refractivity contribution in [2.75, 3.05) is 5.73 Å². The standard InChI is InChI=1S/C12H11N.C3H6O2/c13-12-8-4-7-11(9-12)10-5-2-1-3-6-10;1-2-3(4)5/h1-9H,13H2;2H2,1H3,(H,4,5). The molecule has 0 aromatic heterocycles. The summed E-state index contributed by atoms with van der Waals surface area (Å²) >= 11 is 0. The molecule has 3 N–H and O–H groups in total. The number of hydrogen-bond donors (Lipinski definition) is 2. The summed E-state index contributed by atoms with van der Waals surface area (Å²) in [7, 11) is 0. The number of nitrogens with two attached hydrogens (primary N) is 1.